The minimum atomic E-state index is -3.75. The fourth-order valence-electron chi connectivity index (χ4n) is 4.19. The number of anilines is 3. The number of aryl methyl sites for hydroxylation is 1. The van der Waals surface area contributed by atoms with Crippen LogP contribution < -0.4 is 8.61 Å². The predicted molar refractivity (Wildman–Crippen MR) is 130 cm³/mol. The summed E-state index contributed by atoms with van der Waals surface area (Å²) in [4.78, 5) is 16.2. The predicted octanol–water partition coefficient (Wildman–Crippen LogP) is 3.75. The number of fused-ring (bicyclic) bond motifs is 1. The number of para-hydroxylation sites is 3. The minimum absolute atomic E-state index is 0.299. The van der Waals surface area contributed by atoms with Crippen LogP contribution in [0, 0.1) is 6.92 Å². The highest BCUT2D eigenvalue weighted by Gasteiger charge is 2.41. The Morgan fingerprint density at radius 2 is 1.45 bits per heavy atom. The summed E-state index contributed by atoms with van der Waals surface area (Å²) in [7, 11) is -3.75. The van der Waals surface area contributed by atoms with E-state index in [0.29, 0.717) is 56.3 Å². The van der Waals surface area contributed by atoms with Crippen LogP contribution in [0.2, 0.25) is 0 Å². The molecule has 0 aliphatic carbocycles. The van der Waals surface area contributed by atoms with Crippen molar-refractivity contribution >= 4 is 33.4 Å². The molecule has 1 fully saturated rings. The van der Waals surface area contributed by atoms with E-state index in [0.717, 1.165) is 5.56 Å². The second-order valence-electron chi connectivity index (χ2n) is 9.43. The normalized spacial score (nSPS) is 18.4. The summed E-state index contributed by atoms with van der Waals surface area (Å²) in [5, 5.41) is 0. The smallest absolute Gasteiger partial charge is 0.410 e. The van der Waals surface area contributed by atoms with Gasteiger partial charge in [0.15, 0.2) is 0 Å². The van der Waals surface area contributed by atoms with Crippen LogP contribution in [0.5, 0.6) is 0 Å². The second kappa shape index (κ2) is 8.87. The van der Waals surface area contributed by atoms with Crippen molar-refractivity contribution in [2.24, 2.45) is 0 Å². The molecule has 0 N–H and O–H groups in total. The van der Waals surface area contributed by atoms with Crippen LogP contribution in [0.3, 0.4) is 0 Å². The van der Waals surface area contributed by atoms with Gasteiger partial charge in [-0.15, -0.1) is 0 Å². The number of ether oxygens (including phenoxy) is 1. The number of amides is 1. The number of benzene rings is 2. The molecule has 2 aliphatic rings. The summed E-state index contributed by atoms with van der Waals surface area (Å²) in [6.07, 6.45) is -0.299. The van der Waals surface area contributed by atoms with Crippen LogP contribution in [0.15, 0.2) is 48.5 Å². The van der Waals surface area contributed by atoms with Gasteiger partial charge in [-0.3, -0.25) is 4.90 Å². The van der Waals surface area contributed by atoms with E-state index < -0.39 is 15.8 Å². The maximum atomic E-state index is 13.6. The maximum Gasteiger partial charge on any atom is 0.410 e. The largest absolute Gasteiger partial charge is 0.444 e. The van der Waals surface area contributed by atoms with Crippen molar-refractivity contribution in [1.29, 1.82) is 0 Å². The average molecular weight is 473 g/mol. The van der Waals surface area contributed by atoms with Gasteiger partial charge < -0.3 is 9.64 Å². The number of nitrogens with zero attached hydrogens (tertiary/aromatic N) is 4. The zero-order chi connectivity index (χ0) is 23.8. The Morgan fingerprint density at radius 3 is 2.06 bits per heavy atom. The van der Waals surface area contributed by atoms with E-state index >= 15 is 0 Å². The van der Waals surface area contributed by atoms with Gasteiger partial charge in [-0.2, -0.15) is 8.42 Å². The van der Waals surface area contributed by atoms with Crippen molar-refractivity contribution in [3.05, 3.63) is 54.1 Å². The maximum absolute atomic E-state index is 13.6. The van der Waals surface area contributed by atoms with Gasteiger partial charge in [0.05, 0.1) is 17.1 Å². The van der Waals surface area contributed by atoms with Crippen LogP contribution in [-0.2, 0) is 14.9 Å². The molecule has 0 unspecified atom stereocenters. The van der Waals surface area contributed by atoms with Crippen LogP contribution in [-0.4, -0.2) is 69.2 Å². The first kappa shape index (κ1) is 23.4. The molecule has 178 valence electrons. The van der Waals surface area contributed by atoms with Gasteiger partial charge in [0, 0.05) is 39.3 Å². The van der Waals surface area contributed by atoms with Crippen LogP contribution in [0.25, 0.3) is 0 Å². The van der Waals surface area contributed by atoms with Crippen molar-refractivity contribution in [3.63, 3.8) is 0 Å². The first-order chi connectivity index (χ1) is 15.6. The zero-order valence-corrected chi connectivity index (χ0v) is 20.5. The zero-order valence-electron chi connectivity index (χ0n) is 19.7. The van der Waals surface area contributed by atoms with Gasteiger partial charge in [-0.25, -0.2) is 13.4 Å². The summed E-state index contributed by atoms with van der Waals surface area (Å²) in [5.74, 6) is 0. The van der Waals surface area contributed by atoms with E-state index in [1.165, 1.54) is 8.61 Å². The molecule has 33 heavy (non-hydrogen) atoms. The SMILES string of the molecule is Cc1ccccc1N1c2ccccc2N(CCN2CCN(C(=O)OC(C)(C)C)CC2)S1(=O)=O. The molecule has 2 aromatic rings. The molecule has 0 saturated carbocycles. The topological polar surface area (TPSA) is 73.4 Å². The highest BCUT2D eigenvalue weighted by molar-refractivity contribution is 7.95. The van der Waals surface area contributed by atoms with Crippen molar-refractivity contribution in [3.8, 4) is 0 Å². The Labute approximate surface area is 196 Å². The molecule has 1 saturated heterocycles. The summed E-state index contributed by atoms with van der Waals surface area (Å²) in [5.41, 5.74) is 2.40. The number of carbonyl (C=O) groups is 1. The van der Waals surface area contributed by atoms with Gasteiger partial charge in [-0.05, 0) is 51.5 Å². The van der Waals surface area contributed by atoms with E-state index in [1.54, 1.807) is 4.90 Å². The van der Waals surface area contributed by atoms with E-state index in [2.05, 4.69) is 4.90 Å². The molecule has 2 aliphatic heterocycles. The highest BCUT2D eigenvalue weighted by atomic mass is 32.2. The molecule has 0 spiro atoms. The lowest BCUT2D eigenvalue weighted by molar-refractivity contribution is 0.0148. The van der Waals surface area contributed by atoms with Crippen molar-refractivity contribution in [2.45, 2.75) is 33.3 Å². The van der Waals surface area contributed by atoms with E-state index in [4.69, 9.17) is 4.74 Å². The molecular formula is C24H32N4O4S. The van der Waals surface area contributed by atoms with Crippen LogP contribution in [0.4, 0.5) is 21.9 Å². The molecular weight excluding hydrogens is 440 g/mol. The van der Waals surface area contributed by atoms with Gasteiger partial charge in [0.1, 0.15) is 5.60 Å². The summed E-state index contributed by atoms with van der Waals surface area (Å²) in [6, 6.07) is 14.9. The number of carbonyl (C=O) groups excluding carboxylic acids is 1. The Hall–Kier alpha value is -2.78. The Balaban J connectivity index is 1.45. The lowest BCUT2D eigenvalue weighted by Crippen LogP contribution is -2.51. The van der Waals surface area contributed by atoms with Crippen molar-refractivity contribution < 1.29 is 17.9 Å². The Kier molecular flexibility index (Phi) is 6.28. The van der Waals surface area contributed by atoms with E-state index in [1.807, 2.05) is 76.2 Å². The molecule has 2 aromatic carbocycles. The van der Waals surface area contributed by atoms with E-state index in [9.17, 15) is 13.2 Å². The second-order valence-corrected chi connectivity index (χ2v) is 11.1. The number of rotatable bonds is 4. The quantitative estimate of drug-likeness (QED) is 0.678. The molecule has 4 rings (SSSR count). The van der Waals surface area contributed by atoms with Gasteiger partial charge in [0.25, 0.3) is 0 Å². The molecule has 9 heteroatoms. The third kappa shape index (κ3) is 4.79. The van der Waals surface area contributed by atoms with Gasteiger partial charge in [0.2, 0.25) is 0 Å². The van der Waals surface area contributed by atoms with Crippen LogP contribution >= 0.6 is 0 Å². The number of hydrogen-bond acceptors (Lipinski definition) is 5. The van der Waals surface area contributed by atoms with Gasteiger partial charge >= 0.3 is 16.3 Å². The fourth-order valence-corrected chi connectivity index (χ4v) is 5.96. The van der Waals surface area contributed by atoms with E-state index in [-0.39, 0.29) is 6.09 Å². The molecule has 0 bridgehead atoms. The fraction of sp³-hybridized carbons (Fsp3) is 0.458. The van der Waals surface area contributed by atoms with Gasteiger partial charge in [-0.1, -0.05) is 30.3 Å². The first-order valence-corrected chi connectivity index (χ1v) is 12.7. The van der Waals surface area contributed by atoms with Crippen molar-refractivity contribution in [2.75, 3.05) is 47.9 Å². The number of hydrogen-bond donors (Lipinski definition) is 0. The third-order valence-corrected chi connectivity index (χ3v) is 7.65. The summed E-state index contributed by atoms with van der Waals surface area (Å²) < 4.78 is 35.6. The molecule has 2 heterocycles. The summed E-state index contributed by atoms with van der Waals surface area (Å²) in [6.45, 7) is 10.9. The molecule has 8 nitrogen and oxygen atoms in total. The Bertz CT molecular complexity index is 1120. The average Bonchev–Trinajstić information content (AvgIpc) is 2.97. The standard InChI is InChI=1S/C24H32N4O4S/c1-19-9-5-6-10-20(19)28-22-12-8-7-11-21(22)27(33(28,30)31)18-15-25-13-16-26(17-14-25)23(29)32-24(2,3)4/h5-12H,13-18H2,1-4H3. The first-order valence-electron chi connectivity index (χ1n) is 11.3. The summed E-state index contributed by atoms with van der Waals surface area (Å²) >= 11 is 0. The number of piperazine rings is 1. The lowest BCUT2D eigenvalue weighted by atomic mass is 10.2. The third-order valence-electron chi connectivity index (χ3n) is 5.86. The highest BCUT2D eigenvalue weighted by Crippen LogP contribution is 2.45. The molecule has 0 aromatic heterocycles. The molecule has 0 radical (unpaired) electrons. The molecule has 1 amide bonds. The Morgan fingerprint density at radius 1 is 0.879 bits per heavy atom. The minimum Gasteiger partial charge on any atom is -0.444 e. The van der Waals surface area contributed by atoms with Crippen molar-refractivity contribution in [1.82, 2.24) is 9.80 Å². The van der Waals surface area contributed by atoms with Crippen LogP contribution in [0.1, 0.15) is 26.3 Å². The molecule has 0 atom stereocenters. The monoisotopic (exact) mass is 472 g/mol. The lowest BCUT2D eigenvalue weighted by Gasteiger charge is -2.36.